The van der Waals surface area contributed by atoms with Crippen LogP contribution in [0.1, 0.15) is 26.5 Å². The van der Waals surface area contributed by atoms with Gasteiger partial charge in [-0.25, -0.2) is 9.67 Å². The molecule has 0 aliphatic rings. The van der Waals surface area contributed by atoms with Crippen molar-refractivity contribution in [1.29, 1.82) is 0 Å². The molecule has 0 amide bonds. The molecule has 102 valence electrons. The molecule has 0 saturated heterocycles. The number of aromatic nitrogens is 4. The summed E-state index contributed by atoms with van der Waals surface area (Å²) in [7, 11) is 0. The van der Waals surface area contributed by atoms with Crippen LogP contribution in [0.5, 0.6) is 0 Å². The van der Waals surface area contributed by atoms with E-state index in [1.54, 1.807) is 29.5 Å². The monoisotopic (exact) mass is 268 g/mol. The Balaban J connectivity index is 1.99. The Morgan fingerprint density at radius 2 is 2.00 bits per heavy atom. The second-order valence-electron chi connectivity index (χ2n) is 5.66. The molecule has 5 nitrogen and oxygen atoms in total. The quantitative estimate of drug-likeness (QED) is 0.716. The molecule has 0 unspecified atom stereocenters. The van der Waals surface area contributed by atoms with Crippen LogP contribution in [0.4, 0.5) is 0 Å². The van der Waals surface area contributed by atoms with Crippen LogP contribution in [0.2, 0.25) is 0 Å². The van der Waals surface area contributed by atoms with Crippen LogP contribution in [0.15, 0.2) is 47.5 Å². The molecular weight excluding hydrogens is 252 g/mol. The summed E-state index contributed by atoms with van der Waals surface area (Å²) in [4.78, 5) is 8.57. The van der Waals surface area contributed by atoms with E-state index in [9.17, 15) is 0 Å². The maximum absolute atomic E-state index is 5.83. The summed E-state index contributed by atoms with van der Waals surface area (Å²) >= 11 is 0. The number of nitrogens with zero attached hydrogens (tertiary/aromatic N) is 4. The summed E-state index contributed by atoms with van der Waals surface area (Å²) in [5, 5.41) is 4.19. The number of hydrogen-bond acceptors (Lipinski definition) is 4. The Morgan fingerprint density at radius 1 is 1.15 bits per heavy atom. The maximum atomic E-state index is 5.83. The lowest BCUT2D eigenvalue weighted by Gasteiger charge is -2.13. The standard InChI is InChI=1S/C15H16N4O/c1-15(2,3)13-10-17-14(20-13)11-7-12(9-16-8-11)19-6-4-5-18-19/h4-10H,1-3H3. The number of rotatable bonds is 2. The van der Waals surface area contributed by atoms with Gasteiger partial charge in [0.15, 0.2) is 0 Å². The molecule has 3 rings (SSSR count). The molecule has 3 aromatic rings. The third-order valence-electron chi connectivity index (χ3n) is 2.98. The summed E-state index contributed by atoms with van der Waals surface area (Å²) in [6.45, 7) is 6.28. The van der Waals surface area contributed by atoms with Gasteiger partial charge in [-0.1, -0.05) is 20.8 Å². The number of hydrogen-bond donors (Lipinski definition) is 0. The zero-order valence-corrected chi connectivity index (χ0v) is 11.7. The first kappa shape index (κ1) is 12.6. The van der Waals surface area contributed by atoms with E-state index in [0.29, 0.717) is 5.89 Å². The van der Waals surface area contributed by atoms with E-state index in [4.69, 9.17) is 4.42 Å². The van der Waals surface area contributed by atoms with Crippen LogP contribution >= 0.6 is 0 Å². The number of oxazole rings is 1. The highest BCUT2D eigenvalue weighted by molar-refractivity contribution is 5.55. The van der Waals surface area contributed by atoms with Crippen molar-refractivity contribution in [3.8, 4) is 17.1 Å². The summed E-state index contributed by atoms with van der Waals surface area (Å²) < 4.78 is 7.58. The lowest BCUT2D eigenvalue weighted by atomic mass is 9.94. The minimum atomic E-state index is -0.0573. The van der Waals surface area contributed by atoms with Gasteiger partial charge < -0.3 is 4.42 Å². The zero-order valence-electron chi connectivity index (χ0n) is 11.7. The first-order valence-corrected chi connectivity index (χ1v) is 6.46. The Morgan fingerprint density at radius 3 is 2.65 bits per heavy atom. The second kappa shape index (κ2) is 4.59. The molecule has 0 aromatic carbocycles. The number of pyridine rings is 1. The SMILES string of the molecule is CC(C)(C)c1cnc(-c2cncc(-n3cccn3)c2)o1. The minimum absolute atomic E-state index is 0.0573. The largest absolute Gasteiger partial charge is 0.441 e. The van der Waals surface area contributed by atoms with Crippen LogP contribution < -0.4 is 0 Å². The van der Waals surface area contributed by atoms with Crippen LogP contribution in [-0.2, 0) is 5.41 Å². The van der Waals surface area contributed by atoms with E-state index in [0.717, 1.165) is 17.0 Å². The van der Waals surface area contributed by atoms with Crippen LogP contribution in [0.3, 0.4) is 0 Å². The van der Waals surface area contributed by atoms with Gasteiger partial charge in [-0.2, -0.15) is 5.10 Å². The van der Waals surface area contributed by atoms with E-state index in [1.807, 2.05) is 18.3 Å². The molecule has 0 radical (unpaired) electrons. The van der Waals surface area contributed by atoms with Gasteiger partial charge in [0.05, 0.1) is 23.6 Å². The third kappa shape index (κ3) is 2.34. The van der Waals surface area contributed by atoms with Crippen molar-refractivity contribution in [2.45, 2.75) is 26.2 Å². The fraction of sp³-hybridized carbons (Fsp3) is 0.267. The van der Waals surface area contributed by atoms with Gasteiger partial charge in [0, 0.05) is 24.0 Å². The summed E-state index contributed by atoms with van der Waals surface area (Å²) in [6.07, 6.45) is 8.87. The fourth-order valence-electron chi connectivity index (χ4n) is 1.85. The van der Waals surface area contributed by atoms with Crippen molar-refractivity contribution < 1.29 is 4.42 Å². The van der Waals surface area contributed by atoms with Gasteiger partial charge >= 0.3 is 0 Å². The molecule has 3 aromatic heterocycles. The lowest BCUT2D eigenvalue weighted by Crippen LogP contribution is -2.09. The maximum Gasteiger partial charge on any atom is 0.227 e. The van der Waals surface area contributed by atoms with Gasteiger partial charge in [0.2, 0.25) is 5.89 Å². The van der Waals surface area contributed by atoms with Crippen molar-refractivity contribution in [2.75, 3.05) is 0 Å². The second-order valence-corrected chi connectivity index (χ2v) is 5.66. The van der Waals surface area contributed by atoms with E-state index < -0.39 is 0 Å². The minimum Gasteiger partial charge on any atom is -0.441 e. The Labute approximate surface area is 117 Å². The van der Waals surface area contributed by atoms with Gasteiger partial charge in [-0.3, -0.25) is 4.98 Å². The van der Waals surface area contributed by atoms with Crippen molar-refractivity contribution in [3.63, 3.8) is 0 Å². The van der Waals surface area contributed by atoms with Crippen molar-refractivity contribution in [2.24, 2.45) is 0 Å². The van der Waals surface area contributed by atoms with E-state index in [-0.39, 0.29) is 5.41 Å². The van der Waals surface area contributed by atoms with Crippen LogP contribution in [0.25, 0.3) is 17.1 Å². The first-order valence-electron chi connectivity index (χ1n) is 6.46. The Hall–Kier alpha value is -2.43. The van der Waals surface area contributed by atoms with Gasteiger partial charge in [0.1, 0.15) is 5.76 Å². The topological polar surface area (TPSA) is 56.7 Å². The molecule has 5 heteroatoms. The highest BCUT2D eigenvalue weighted by atomic mass is 16.4. The molecular formula is C15H16N4O. The van der Waals surface area contributed by atoms with Gasteiger partial charge in [0.25, 0.3) is 0 Å². The predicted octanol–water partition coefficient (Wildman–Crippen LogP) is 3.22. The molecule has 0 atom stereocenters. The Bertz CT molecular complexity index is 708. The molecule has 0 aliphatic carbocycles. The van der Waals surface area contributed by atoms with Crippen molar-refractivity contribution in [1.82, 2.24) is 19.7 Å². The van der Waals surface area contributed by atoms with Crippen LogP contribution in [-0.4, -0.2) is 19.7 Å². The average molecular weight is 268 g/mol. The summed E-state index contributed by atoms with van der Waals surface area (Å²) in [6, 6.07) is 3.83. The van der Waals surface area contributed by atoms with Gasteiger partial charge in [-0.05, 0) is 12.1 Å². The van der Waals surface area contributed by atoms with E-state index >= 15 is 0 Å². The van der Waals surface area contributed by atoms with Crippen molar-refractivity contribution >= 4 is 0 Å². The molecule has 0 bridgehead atoms. The van der Waals surface area contributed by atoms with Gasteiger partial charge in [-0.15, -0.1) is 0 Å². The zero-order chi connectivity index (χ0) is 14.2. The molecule has 3 heterocycles. The Kier molecular flexibility index (Phi) is 2.89. The third-order valence-corrected chi connectivity index (χ3v) is 2.98. The molecule has 0 fully saturated rings. The molecule has 0 spiro atoms. The van der Waals surface area contributed by atoms with E-state index in [1.165, 1.54) is 0 Å². The summed E-state index contributed by atoms with van der Waals surface area (Å²) in [5.74, 6) is 1.44. The molecule has 0 aliphatic heterocycles. The van der Waals surface area contributed by atoms with E-state index in [2.05, 4.69) is 35.8 Å². The van der Waals surface area contributed by atoms with Crippen molar-refractivity contribution in [3.05, 3.63) is 48.9 Å². The smallest absolute Gasteiger partial charge is 0.227 e. The predicted molar refractivity (Wildman–Crippen MR) is 75.6 cm³/mol. The van der Waals surface area contributed by atoms with Crippen LogP contribution in [0, 0.1) is 0 Å². The average Bonchev–Trinajstić information content (AvgIpc) is 3.10. The highest BCUT2D eigenvalue weighted by Gasteiger charge is 2.19. The molecule has 0 saturated carbocycles. The summed E-state index contributed by atoms with van der Waals surface area (Å²) in [5.41, 5.74) is 1.66. The first-order chi connectivity index (χ1) is 9.54. The lowest BCUT2D eigenvalue weighted by molar-refractivity contribution is 0.415. The molecule has 0 N–H and O–H groups in total. The fourth-order valence-corrected chi connectivity index (χ4v) is 1.85. The highest BCUT2D eigenvalue weighted by Crippen LogP contribution is 2.27. The normalized spacial score (nSPS) is 11.8. The molecule has 20 heavy (non-hydrogen) atoms.